The van der Waals surface area contributed by atoms with Crippen LogP contribution < -0.4 is 4.90 Å². The molecular formula is C21H22N4O. The Labute approximate surface area is 153 Å². The highest BCUT2D eigenvalue weighted by molar-refractivity contribution is 5.96. The number of hydrogen-bond acceptors (Lipinski definition) is 3. The normalized spacial score (nSPS) is 16.3. The monoisotopic (exact) mass is 346 g/mol. The number of carbonyl (C=O) groups is 1. The Morgan fingerprint density at radius 2 is 1.88 bits per heavy atom. The van der Waals surface area contributed by atoms with E-state index in [0.29, 0.717) is 5.92 Å². The van der Waals surface area contributed by atoms with Gasteiger partial charge in [-0.1, -0.05) is 53.7 Å². The zero-order chi connectivity index (χ0) is 17.9. The highest BCUT2D eigenvalue weighted by Crippen LogP contribution is 2.39. The summed E-state index contributed by atoms with van der Waals surface area (Å²) in [6.07, 6.45) is 3.05. The number of fused-ring (bicyclic) bond motifs is 1. The van der Waals surface area contributed by atoms with Crippen LogP contribution in [0.2, 0.25) is 0 Å². The quantitative estimate of drug-likeness (QED) is 0.727. The van der Waals surface area contributed by atoms with Crippen molar-refractivity contribution in [2.75, 3.05) is 11.4 Å². The van der Waals surface area contributed by atoms with E-state index in [1.165, 1.54) is 11.1 Å². The Hall–Kier alpha value is -2.95. The summed E-state index contributed by atoms with van der Waals surface area (Å²) in [5.74, 6) is 0.407. The second-order valence-corrected chi connectivity index (χ2v) is 6.60. The molecule has 1 aliphatic heterocycles. The van der Waals surface area contributed by atoms with E-state index in [-0.39, 0.29) is 12.3 Å². The fourth-order valence-electron chi connectivity index (χ4n) is 3.68. The summed E-state index contributed by atoms with van der Waals surface area (Å²) < 4.78 is 1.75. The van der Waals surface area contributed by atoms with Gasteiger partial charge in [0.2, 0.25) is 5.91 Å². The third kappa shape index (κ3) is 3.12. The van der Waals surface area contributed by atoms with Crippen molar-refractivity contribution in [1.82, 2.24) is 15.0 Å². The predicted molar refractivity (Wildman–Crippen MR) is 101 cm³/mol. The highest BCUT2D eigenvalue weighted by atomic mass is 16.2. The summed E-state index contributed by atoms with van der Waals surface area (Å²) in [5.41, 5.74) is 4.26. The van der Waals surface area contributed by atoms with Gasteiger partial charge < -0.3 is 4.90 Å². The molecule has 0 aliphatic carbocycles. The first kappa shape index (κ1) is 16.5. The molecule has 5 nitrogen and oxygen atoms in total. The van der Waals surface area contributed by atoms with E-state index in [9.17, 15) is 4.79 Å². The number of nitrogens with zero attached hydrogens (tertiary/aromatic N) is 4. The molecule has 1 amide bonds. The van der Waals surface area contributed by atoms with Crippen molar-refractivity contribution in [3.05, 3.63) is 77.6 Å². The van der Waals surface area contributed by atoms with Gasteiger partial charge in [0.1, 0.15) is 0 Å². The van der Waals surface area contributed by atoms with Crippen molar-refractivity contribution < 1.29 is 4.79 Å². The van der Waals surface area contributed by atoms with E-state index < -0.39 is 0 Å². The maximum Gasteiger partial charge on any atom is 0.233 e. The Balaban J connectivity index is 1.60. The minimum Gasteiger partial charge on any atom is -0.312 e. The van der Waals surface area contributed by atoms with Crippen molar-refractivity contribution in [2.45, 2.75) is 32.2 Å². The van der Waals surface area contributed by atoms with Crippen molar-refractivity contribution in [3.8, 4) is 0 Å². The number of anilines is 1. The molecule has 0 bridgehead atoms. The van der Waals surface area contributed by atoms with Gasteiger partial charge in [0.25, 0.3) is 0 Å². The zero-order valence-corrected chi connectivity index (χ0v) is 14.9. The Kier molecular flexibility index (Phi) is 4.52. The lowest BCUT2D eigenvalue weighted by Gasteiger charge is -2.34. The third-order valence-corrected chi connectivity index (χ3v) is 4.99. The number of aromatic nitrogens is 3. The van der Waals surface area contributed by atoms with Gasteiger partial charge in [0, 0.05) is 30.9 Å². The van der Waals surface area contributed by atoms with E-state index >= 15 is 0 Å². The average molecular weight is 346 g/mol. The van der Waals surface area contributed by atoms with Crippen molar-refractivity contribution >= 4 is 11.6 Å². The molecule has 0 saturated heterocycles. The van der Waals surface area contributed by atoms with E-state index in [2.05, 4.69) is 46.7 Å². The summed E-state index contributed by atoms with van der Waals surface area (Å²) in [4.78, 5) is 14.8. The van der Waals surface area contributed by atoms with Gasteiger partial charge in [-0.05, 0) is 30.5 Å². The molecule has 0 fully saturated rings. The highest BCUT2D eigenvalue weighted by Gasteiger charge is 2.29. The van der Waals surface area contributed by atoms with Gasteiger partial charge in [-0.25, -0.2) is 0 Å². The topological polar surface area (TPSA) is 51.0 Å². The minimum absolute atomic E-state index is 0.0760. The van der Waals surface area contributed by atoms with Crippen molar-refractivity contribution in [3.63, 3.8) is 0 Å². The molecule has 0 radical (unpaired) electrons. The molecule has 1 unspecified atom stereocenters. The smallest absolute Gasteiger partial charge is 0.233 e. The number of para-hydroxylation sites is 1. The van der Waals surface area contributed by atoms with Crippen molar-refractivity contribution in [2.24, 2.45) is 0 Å². The predicted octanol–water partition coefficient (Wildman–Crippen LogP) is 3.41. The van der Waals surface area contributed by atoms with Gasteiger partial charge in [-0.2, -0.15) is 0 Å². The van der Waals surface area contributed by atoms with Gasteiger partial charge in [-0.3, -0.25) is 9.48 Å². The molecule has 4 rings (SSSR count). The van der Waals surface area contributed by atoms with Gasteiger partial charge in [-0.15, -0.1) is 5.10 Å². The second kappa shape index (κ2) is 7.12. The van der Waals surface area contributed by atoms with Crippen LogP contribution >= 0.6 is 0 Å². The van der Waals surface area contributed by atoms with Crippen LogP contribution in [-0.4, -0.2) is 27.4 Å². The summed E-state index contributed by atoms with van der Waals surface area (Å²) >= 11 is 0. The number of amides is 1. The van der Waals surface area contributed by atoms with E-state index in [1.807, 2.05) is 36.2 Å². The van der Waals surface area contributed by atoms with Gasteiger partial charge in [0.05, 0.1) is 12.1 Å². The lowest BCUT2D eigenvalue weighted by atomic mass is 9.84. The number of aryl methyl sites for hydroxylation is 1. The fourth-order valence-corrected chi connectivity index (χ4v) is 3.68. The Bertz CT molecular complexity index is 903. The molecule has 0 saturated carbocycles. The summed E-state index contributed by atoms with van der Waals surface area (Å²) in [7, 11) is 0. The van der Waals surface area contributed by atoms with Crippen LogP contribution in [0, 0.1) is 0 Å². The number of carbonyl (C=O) groups excluding carboxylic acids is 1. The second-order valence-electron chi connectivity index (χ2n) is 6.60. The molecule has 1 atom stereocenters. The van der Waals surface area contributed by atoms with E-state index in [4.69, 9.17) is 0 Å². The lowest BCUT2D eigenvalue weighted by molar-refractivity contribution is -0.118. The van der Waals surface area contributed by atoms with Crippen LogP contribution in [0.4, 0.5) is 5.69 Å². The lowest BCUT2D eigenvalue weighted by Crippen LogP contribution is -2.38. The summed E-state index contributed by atoms with van der Waals surface area (Å²) in [6, 6.07) is 18.8. The maximum atomic E-state index is 12.9. The van der Waals surface area contributed by atoms with Crippen LogP contribution in [0.5, 0.6) is 0 Å². The molecule has 0 spiro atoms. The molecule has 2 aromatic carbocycles. The first-order chi connectivity index (χ1) is 12.8. The summed E-state index contributed by atoms with van der Waals surface area (Å²) in [5, 5.41) is 8.13. The average Bonchev–Trinajstić information content (AvgIpc) is 3.15. The molecule has 1 aliphatic rings. The molecule has 3 aromatic rings. The minimum atomic E-state index is 0.0760. The Morgan fingerprint density at radius 1 is 1.12 bits per heavy atom. The van der Waals surface area contributed by atoms with Gasteiger partial charge >= 0.3 is 0 Å². The fraction of sp³-hybridized carbons (Fsp3) is 0.286. The van der Waals surface area contributed by atoms with Gasteiger partial charge in [0.15, 0.2) is 0 Å². The van der Waals surface area contributed by atoms with Crippen molar-refractivity contribution in [1.29, 1.82) is 0 Å². The largest absolute Gasteiger partial charge is 0.312 e. The van der Waals surface area contributed by atoms with Crippen LogP contribution in [-0.2, 0) is 17.8 Å². The molecule has 5 heteroatoms. The maximum absolute atomic E-state index is 12.9. The molecule has 2 heterocycles. The third-order valence-electron chi connectivity index (χ3n) is 4.99. The van der Waals surface area contributed by atoms with Crippen LogP contribution in [0.3, 0.4) is 0 Å². The molecule has 0 N–H and O–H groups in total. The molecule has 1 aromatic heterocycles. The van der Waals surface area contributed by atoms with E-state index in [0.717, 1.165) is 30.9 Å². The first-order valence-electron chi connectivity index (χ1n) is 9.09. The number of benzene rings is 2. The van der Waals surface area contributed by atoms with Crippen LogP contribution in [0.1, 0.15) is 36.1 Å². The van der Waals surface area contributed by atoms with Crippen LogP contribution in [0.15, 0.2) is 60.8 Å². The molecule has 132 valence electrons. The Morgan fingerprint density at radius 3 is 2.65 bits per heavy atom. The first-order valence-corrected chi connectivity index (χ1v) is 9.09. The zero-order valence-electron chi connectivity index (χ0n) is 14.9. The number of hydrogen-bond donors (Lipinski definition) is 0. The van der Waals surface area contributed by atoms with Crippen LogP contribution in [0.25, 0.3) is 0 Å². The molecular weight excluding hydrogens is 324 g/mol. The summed E-state index contributed by atoms with van der Waals surface area (Å²) in [6.45, 7) is 3.48. The standard InChI is InChI=1S/C21H22N4O/c1-2-24-15-17(22-23-24)14-21(26)25-13-12-18(16-8-4-3-5-9-16)19-10-6-7-11-20(19)25/h3-11,15,18H,2,12-14H2,1H3. The SMILES string of the molecule is CCn1cc(CC(=O)N2CCC(c3ccccc3)c3ccccc32)nn1. The molecule has 26 heavy (non-hydrogen) atoms. The van der Waals surface area contributed by atoms with E-state index in [1.54, 1.807) is 4.68 Å². The number of rotatable bonds is 4.